The summed E-state index contributed by atoms with van der Waals surface area (Å²) in [6.07, 6.45) is 3.12. The lowest BCUT2D eigenvalue weighted by molar-refractivity contribution is -0.185. The maximum absolute atomic E-state index is 14.6. The molecule has 0 radical (unpaired) electrons. The predicted octanol–water partition coefficient (Wildman–Crippen LogP) is 7.76. The van der Waals surface area contributed by atoms with Crippen LogP contribution in [0, 0.1) is 11.6 Å². The van der Waals surface area contributed by atoms with Crippen LogP contribution in [0.4, 0.5) is 17.6 Å². The highest BCUT2D eigenvalue weighted by molar-refractivity contribution is 5.84. The van der Waals surface area contributed by atoms with Crippen LogP contribution in [0.15, 0.2) is 54.6 Å². The molecule has 154 valence electrons. The molecule has 0 N–H and O–H groups in total. The van der Waals surface area contributed by atoms with E-state index in [-0.39, 0.29) is 16.7 Å². The van der Waals surface area contributed by atoms with Gasteiger partial charge in [0.2, 0.25) is 0 Å². The SMILES string of the molecule is CCCCCCCc1ccc(C(F)(F)Oc2ccc3cc(F)c(F)cc3c2)cc1. The van der Waals surface area contributed by atoms with Gasteiger partial charge in [0.1, 0.15) is 5.75 Å². The Labute approximate surface area is 168 Å². The van der Waals surface area contributed by atoms with Gasteiger partial charge < -0.3 is 4.74 Å². The third-order valence-corrected chi connectivity index (χ3v) is 4.96. The lowest BCUT2D eigenvalue weighted by atomic mass is 10.0. The van der Waals surface area contributed by atoms with Crippen molar-refractivity contribution in [1.82, 2.24) is 0 Å². The van der Waals surface area contributed by atoms with Crippen molar-refractivity contribution in [2.45, 2.75) is 51.6 Å². The molecule has 0 spiro atoms. The lowest BCUT2D eigenvalue weighted by Gasteiger charge is -2.19. The Balaban J connectivity index is 1.67. The van der Waals surface area contributed by atoms with Crippen LogP contribution >= 0.6 is 0 Å². The van der Waals surface area contributed by atoms with Crippen LogP contribution in [0.3, 0.4) is 0 Å². The summed E-state index contributed by atoms with van der Waals surface area (Å²) in [6.45, 7) is 2.16. The molecule has 0 amide bonds. The Morgan fingerprint density at radius 2 is 1.41 bits per heavy atom. The second-order valence-electron chi connectivity index (χ2n) is 7.26. The van der Waals surface area contributed by atoms with Crippen molar-refractivity contribution in [2.24, 2.45) is 0 Å². The number of aryl methyl sites for hydroxylation is 1. The molecule has 0 heterocycles. The number of hydrogen-bond acceptors (Lipinski definition) is 1. The van der Waals surface area contributed by atoms with Crippen molar-refractivity contribution in [3.63, 3.8) is 0 Å². The highest BCUT2D eigenvalue weighted by Crippen LogP contribution is 2.33. The number of alkyl halides is 2. The normalized spacial score (nSPS) is 11.8. The number of hydrogen-bond donors (Lipinski definition) is 0. The Morgan fingerprint density at radius 1 is 0.759 bits per heavy atom. The van der Waals surface area contributed by atoms with Gasteiger partial charge in [0.15, 0.2) is 11.6 Å². The second kappa shape index (κ2) is 9.29. The molecule has 1 nitrogen and oxygen atoms in total. The molecule has 0 unspecified atom stereocenters. The molecule has 0 aliphatic carbocycles. The smallest absolute Gasteiger partial charge is 0.426 e. The first-order valence-corrected chi connectivity index (χ1v) is 9.94. The highest BCUT2D eigenvalue weighted by Gasteiger charge is 2.34. The first-order valence-electron chi connectivity index (χ1n) is 9.94. The molecule has 0 atom stereocenters. The van der Waals surface area contributed by atoms with Crippen molar-refractivity contribution < 1.29 is 22.3 Å². The Hall–Kier alpha value is -2.56. The fraction of sp³-hybridized carbons (Fsp3) is 0.333. The van der Waals surface area contributed by atoms with Crippen molar-refractivity contribution in [3.05, 3.63) is 77.4 Å². The van der Waals surface area contributed by atoms with Gasteiger partial charge >= 0.3 is 6.11 Å². The first kappa shape index (κ1) is 21.2. The van der Waals surface area contributed by atoms with Crippen LogP contribution in [0.1, 0.15) is 50.2 Å². The van der Waals surface area contributed by atoms with Crippen LogP contribution in [0.25, 0.3) is 10.8 Å². The van der Waals surface area contributed by atoms with Crippen LogP contribution in [-0.2, 0) is 12.5 Å². The van der Waals surface area contributed by atoms with Crippen molar-refractivity contribution in [2.75, 3.05) is 0 Å². The van der Waals surface area contributed by atoms with E-state index in [2.05, 4.69) is 6.92 Å². The second-order valence-corrected chi connectivity index (χ2v) is 7.26. The first-order chi connectivity index (χ1) is 13.9. The van der Waals surface area contributed by atoms with Gasteiger partial charge in [-0.3, -0.25) is 0 Å². The predicted molar refractivity (Wildman–Crippen MR) is 107 cm³/mol. The van der Waals surface area contributed by atoms with E-state index in [4.69, 9.17) is 4.74 Å². The van der Waals surface area contributed by atoms with Gasteiger partial charge in [-0.15, -0.1) is 0 Å². The average Bonchev–Trinajstić information content (AvgIpc) is 2.69. The third-order valence-electron chi connectivity index (χ3n) is 4.96. The van der Waals surface area contributed by atoms with Gasteiger partial charge in [0.25, 0.3) is 0 Å². The van der Waals surface area contributed by atoms with Crippen LogP contribution in [0.2, 0.25) is 0 Å². The Morgan fingerprint density at radius 3 is 2.10 bits per heavy atom. The molecule has 0 fully saturated rings. The zero-order valence-electron chi connectivity index (χ0n) is 16.4. The summed E-state index contributed by atoms with van der Waals surface area (Å²) in [5.74, 6) is -2.14. The topological polar surface area (TPSA) is 9.23 Å². The van der Waals surface area contributed by atoms with Crippen molar-refractivity contribution >= 4 is 10.8 Å². The molecule has 3 aromatic rings. The highest BCUT2D eigenvalue weighted by atomic mass is 19.3. The number of fused-ring (bicyclic) bond motifs is 1. The minimum absolute atomic E-state index is 0.117. The van der Waals surface area contributed by atoms with Crippen LogP contribution in [0.5, 0.6) is 5.75 Å². The summed E-state index contributed by atoms with van der Waals surface area (Å²) in [5, 5.41) is 0.693. The number of benzene rings is 3. The number of unbranched alkanes of at least 4 members (excludes halogenated alkanes) is 4. The molecular weight excluding hydrogens is 380 g/mol. The maximum atomic E-state index is 14.6. The zero-order valence-corrected chi connectivity index (χ0v) is 16.4. The van der Waals surface area contributed by atoms with Gasteiger partial charge in [-0.25, -0.2) is 8.78 Å². The fourth-order valence-electron chi connectivity index (χ4n) is 3.29. The van der Waals surface area contributed by atoms with E-state index in [1.807, 2.05) is 0 Å². The summed E-state index contributed by atoms with van der Waals surface area (Å²) in [4.78, 5) is 0. The van der Waals surface area contributed by atoms with Crippen molar-refractivity contribution in [3.8, 4) is 5.75 Å². The quantitative estimate of drug-likeness (QED) is 0.262. The van der Waals surface area contributed by atoms with E-state index in [9.17, 15) is 17.6 Å². The summed E-state index contributed by atoms with van der Waals surface area (Å²) in [5.41, 5.74) is 0.766. The number of ether oxygens (including phenoxy) is 1. The van der Waals surface area contributed by atoms with E-state index in [0.717, 1.165) is 37.0 Å². The standard InChI is InChI=1S/C24H24F4O/c1-2-3-4-5-6-7-17-8-11-20(12-9-17)24(27,28)29-21-13-10-18-15-22(25)23(26)16-19(18)14-21/h8-16H,2-7H2,1H3. The molecule has 0 aliphatic heterocycles. The van der Waals surface area contributed by atoms with E-state index in [1.165, 1.54) is 49.6 Å². The molecule has 3 rings (SSSR count). The van der Waals surface area contributed by atoms with Gasteiger partial charge in [0, 0.05) is 0 Å². The van der Waals surface area contributed by atoms with Gasteiger partial charge in [-0.05, 0) is 65.6 Å². The minimum atomic E-state index is -3.54. The van der Waals surface area contributed by atoms with E-state index in [0.29, 0.717) is 5.39 Å². The summed E-state index contributed by atoms with van der Waals surface area (Å²) < 4.78 is 60.7. The molecular formula is C24H24F4O. The number of rotatable bonds is 9. The van der Waals surface area contributed by atoms with Gasteiger partial charge in [-0.1, -0.05) is 50.8 Å². The summed E-state index contributed by atoms with van der Waals surface area (Å²) in [6, 6.07) is 12.1. The monoisotopic (exact) mass is 404 g/mol. The molecule has 5 heteroatoms. The largest absolute Gasteiger partial charge is 0.429 e. The van der Waals surface area contributed by atoms with Crippen LogP contribution in [-0.4, -0.2) is 0 Å². The van der Waals surface area contributed by atoms with Gasteiger partial charge in [0.05, 0.1) is 5.56 Å². The van der Waals surface area contributed by atoms with E-state index in [1.54, 1.807) is 12.1 Å². The molecule has 0 aromatic heterocycles. The van der Waals surface area contributed by atoms with Gasteiger partial charge in [-0.2, -0.15) is 8.78 Å². The summed E-state index contributed by atoms with van der Waals surface area (Å²) >= 11 is 0. The summed E-state index contributed by atoms with van der Waals surface area (Å²) in [7, 11) is 0. The molecule has 29 heavy (non-hydrogen) atoms. The Bertz CT molecular complexity index is 951. The van der Waals surface area contributed by atoms with Crippen molar-refractivity contribution in [1.29, 1.82) is 0 Å². The molecule has 0 bridgehead atoms. The maximum Gasteiger partial charge on any atom is 0.426 e. The molecule has 0 aliphatic rings. The molecule has 0 saturated carbocycles. The Kier molecular flexibility index (Phi) is 6.78. The lowest BCUT2D eigenvalue weighted by Crippen LogP contribution is -2.21. The molecule has 0 saturated heterocycles. The van der Waals surface area contributed by atoms with Crippen LogP contribution < -0.4 is 4.74 Å². The van der Waals surface area contributed by atoms with E-state index >= 15 is 0 Å². The van der Waals surface area contributed by atoms with E-state index < -0.39 is 17.7 Å². The number of halogens is 4. The fourth-order valence-corrected chi connectivity index (χ4v) is 3.29. The zero-order chi connectivity index (χ0) is 20.9. The molecule has 3 aromatic carbocycles. The third kappa shape index (κ3) is 5.49. The minimum Gasteiger partial charge on any atom is -0.429 e. The average molecular weight is 404 g/mol.